The summed E-state index contributed by atoms with van der Waals surface area (Å²) in [6.07, 6.45) is 1.14. The SMILES string of the molecule is COc1c(C(=O)NC2CCN(C(=O)CO)CC2)sc2cc(C)n(CC(=O)c3ccccc3)c(=O)c12. The lowest BCUT2D eigenvalue weighted by Crippen LogP contribution is -2.47. The molecule has 1 aliphatic rings. The van der Waals surface area contributed by atoms with E-state index in [0.717, 1.165) is 0 Å². The van der Waals surface area contributed by atoms with Crippen LogP contribution in [0.25, 0.3) is 10.1 Å². The van der Waals surface area contributed by atoms with Crippen LogP contribution in [-0.2, 0) is 11.3 Å². The van der Waals surface area contributed by atoms with E-state index >= 15 is 0 Å². The second-order valence-electron chi connectivity index (χ2n) is 8.46. The highest BCUT2D eigenvalue weighted by Gasteiger charge is 2.28. The maximum Gasteiger partial charge on any atom is 0.265 e. The van der Waals surface area contributed by atoms with Gasteiger partial charge in [0.15, 0.2) is 11.5 Å². The van der Waals surface area contributed by atoms with E-state index < -0.39 is 6.61 Å². The van der Waals surface area contributed by atoms with E-state index in [9.17, 15) is 19.2 Å². The molecule has 0 radical (unpaired) electrons. The molecule has 0 atom stereocenters. The molecule has 35 heavy (non-hydrogen) atoms. The van der Waals surface area contributed by atoms with Crippen LogP contribution in [0, 0.1) is 6.92 Å². The van der Waals surface area contributed by atoms with Gasteiger partial charge in [-0.25, -0.2) is 0 Å². The number of likely N-dealkylation sites (tertiary alicyclic amines) is 1. The van der Waals surface area contributed by atoms with E-state index in [4.69, 9.17) is 9.84 Å². The highest BCUT2D eigenvalue weighted by molar-refractivity contribution is 7.21. The van der Waals surface area contributed by atoms with Crippen molar-refractivity contribution in [3.63, 3.8) is 0 Å². The molecule has 0 unspecified atom stereocenters. The Balaban J connectivity index is 1.59. The van der Waals surface area contributed by atoms with Gasteiger partial charge in [-0.2, -0.15) is 0 Å². The molecule has 3 aromatic rings. The Morgan fingerprint density at radius 2 is 1.86 bits per heavy atom. The number of nitrogens with zero attached hydrogens (tertiary/aromatic N) is 2. The summed E-state index contributed by atoms with van der Waals surface area (Å²) >= 11 is 1.17. The number of ether oxygens (including phenoxy) is 1. The third kappa shape index (κ3) is 4.98. The predicted octanol–water partition coefficient (Wildman–Crippen LogP) is 1.98. The van der Waals surface area contributed by atoms with Crippen LogP contribution in [0.15, 0.2) is 41.2 Å². The fraction of sp³-hybridized carbons (Fsp3) is 0.360. The number of carbonyl (C=O) groups is 3. The zero-order valence-corrected chi connectivity index (χ0v) is 20.4. The molecule has 1 fully saturated rings. The maximum absolute atomic E-state index is 13.4. The smallest absolute Gasteiger partial charge is 0.265 e. The number of thiophene rings is 1. The van der Waals surface area contributed by atoms with Gasteiger partial charge >= 0.3 is 0 Å². The lowest BCUT2D eigenvalue weighted by atomic mass is 10.0. The third-order valence-electron chi connectivity index (χ3n) is 6.24. The number of aromatic nitrogens is 1. The number of methoxy groups -OCH3 is 1. The summed E-state index contributed by atoms with van der Waals surface area (Å²) in [6, 6.07) is 10.4. The van der Waals surface area contributed by atoms with Crippen molar-refractivity contribution in [3.8, 4) is 5.75 Å². The zero-order valence-electron chi connectivity index (χ0n) is 19.6. The summed E-state index contributed by atoms with van der Waals surface area (Å²) in [5.41, 5.74) is 0.749. The van der Waals surface area contributed by atoms with Crippen molar-refractivity contribution in [3.05, 3.63) is 62.9 Å². The van der Waals surface area contributed by atoms with E-state index in [2.05, 4.69) is 5.32 Å². The lowest BCUT2D eigenvalue weighted by Gasteiger charge is -2.32. The molecular weight excluding hydrogens is 470 g/mol. The molecule has 1 saturated heterocycles. The highest BCUT2D eigenvalue weighted by Crippen LogP contribution is 2.36. The van der Waals surface area contributed by atoms with Crippen molar-refractivity contribution in [1.82, 2.24) is 14.8 Å². The number of benzene rings is 1. The average Bonchev–Trinajstić information content (AvgIpc) is 3.25. The number of fused-ring (bicyclic) bond motifs is 1. The van der Waals surface area contributed by atoms with E-state index in [1.54, 1.807) is 42.2 Å². The molecule has 0 aliphatic carbocycles. The number of hydrogen-bond acceptors (Lipinski definition) is 7. The monoisotopic (exact) mass is 497 g/mol. The Labute approximate surface area is 205 Å². The van der Waals surface area contributed by atoms with E-state index in [1.165, 1.54) is 23.0 Å². The van der Waals surface area contributed by atoms with Gasteiger partial charge in [0.1, 0.15) is 16.9 Å². The summed E-state index contributed by atoms with van der Waals surface area (Å²) in [7, 11) is 1.41. The number of rotatable bonds is 7. The molecule has 3 heterocycles. The molecule has 4 rings (SSSR count). The summed E-state index contributed by atoms with van der Waals surface area (Å²) in [5, 5.41) is 12.3. The first kappa shape index (κ1) is 24.6. The molecule has 0 bridgehead atoms. The van der Waals surface area contributed by atoms with Crippen LogP contribution >= 0.6 is 11.3 Å². The van der Waals surface area contributed by atoms with Crippen molar-refractivity contribution in [2.75, 3.05) is 26.8 Å². The molecule has 184 valence electrons. The third-order valence-corrected chi connectivity index (χ3v) is 7.36. The van der Waals surface area contributed by atoms with Crippen LogP contribution in [0.2, 0.25) is 0 Å². The van der Waals surface area contributed by atoms with Gasteiger partial charge in [-0.05, 0) is 25.8 Å². The molecule has 1 aliphatic heterocycles. The molecule has 0 spiro atoms. The van der Waals surface area contributed by atoms with Crippen LogP contribution < -0.4 is 15.6 Å². The molecular formula is C25H27N3O6S. The van der Waals surface area contributed by atoms with Gasteiger partial charge in [0, 0.05) is 35.1 Å². The molecule has 0 saturated carbocycles. The van der Waals surface area contributed by atoms with Crippen molar-refractivity contribution in [1.29, 1.82) is 0 Å². The first-order chi connectivity index (χ1) is 16.8. The average molecular weight is 498 g/mol. The number of amides is 2. The van der Waals surface area contributed by atoms with E-state index in [-0.39, 0.29) is 46.9 Å². The number of hydrogen-bond donors (Lipinski definition) is 2. The minimum Gasteiger partial charge on any atom is -0.494 e. The van der Waals surface area contributed by atoms with Crippen LogP contribution in [-0.4, -0.2) is 65.0 Å². The summed E-state index contributed by atoms with van der Waals surface area (Å²) in [5.74, 6) is -0.660. The minimum absolute atomic E-state index is 0.115. The zero-order chi connectivity index (χ0) is 25.1. The quantitative estimate of drug-likeness (QED) is 0.482. The van der Waals surface area contributed by atoms with Gasteiger partial charge in [0.05, 0.1) is 13.7 Å². The van der Waals surface area contributed by atoms with E-state index in [1.807, 2.05) is 6.07 Å². The number of pyridine rings is 1. The molecule has 9 nitrogen and oxygen atoms in total. The van der Waals surface area contributed by atoms with Gasteiger partial charge in [-0.1, -0.05) is 30.3 Å². The summed E-state index contributed by atoms with van der Waals surface area (Å²) < 4.78 is 7.53. The lowest BCUT2D eigenvalue weighted by molar-refractivity contribution is -0.135. The van der Waals surface area contributed by atoms with Gasteiger partial charge in [0.2, 0.25) is 5.91 Å². The second-order valence-corrected chi connectivity index (χ2v) is 9.51. The number of aliphatic hydroxyl groups excluding tert-OH is 1. The molecule has 2 aromatic heterocycles. The standard InChI is InChI=1S/C25H27N3O6S/c1-15-12-19-21(25(33)28(15)13-18(30)16-6-4-3-5-7-16)22(34-2)23(35-19)24(32)26-17-8-10-27(11-9-17)20(31)14-29/h3-7,12,17,29H,8-11,13-14H2,1-2H3,(H,26,32). The van der Waals surface area contributed by atoms with Crippen molar-refractivity contribution in [2.45, 2.75) is 32.4 Å². The Kier molecular flexibility index (Phi) is 7.32. The molecule has 2 amide bonds. The van der Waals surface area contributed by atoms with Crippen molar-refractivity contribution in [2.24, 2.45) is 0 Å². The Morgan fingerprint density at radius 1 is 1.17 bits per heavy atom. The number of ketones is 1. The normalized spacial score (nSPS) is 14.2. The summed E-state index contributed by atoms with van der Waals surface area (Å²) in [6.45, 7) is 2.02. The molecule has 2 N–H and O–H groups in total. The number of aryl methyl sites for hydroxylation is 1. The Morgan fingerprint density at radius 3 is 2.49 bits per heavy atom. The van der Waals surface area contributed by atoms with Crippen LogP contribution in [0.3, 0.4) is 0 Å². The Bertz CT molecular complexity index is 1320. The van der Waals surface area contributed by atoms with Gasteiger partial charge in [0.25, 0.3) is 11.5 Å². The van der Waals surface area contributed by atoms with E-state index in [0.29, 0.717) is 46.8 Å². The minimum atomic E-state index is -0.524. The number of carbonyl (C=O) groups excluding carboxylic acids is 3. The number of Topliss-reactive ketones (excluding diaryl/α,β-unsaturated/α-hetero) is 1. The molecule has 10 heteroatoms. The van der Waals surface area contributed by atoms with Crippen molar-refractivity contribution >= 4 is 39.0 Å². The second kappa shape index (κ2) is 10.4. The first-order valence-electron chi connectivity index (χ1n) is 11.3. The highest BCUT2D eigenvalue weighted by atomic mass is 32.1. The van der Waals surface area contributed by atoms with Crippen LogP contribution in [0.1, 0.15) is 38.6 Å². The number of nitrogens with one attached hydrogen (secondary N) is 1. The van der Waals surface area contributed by atoms with Gasteiger partial charge < -0.3 is 24.6 Å². The van der Waals surface area contributed by atoms with Crippen LogP contribution in [0.4, 0.5) is 0 Å². The van der Waals surface area contributed by atoms with Crippen molar-refractivity contribution < 1.29 is 24.2 Å². The number of piperidine rings is 1. The fourth-order valence-corrected chi connectivity index (χ4v) is 5.48. The Hall–Kier alpha value is -3.50. The topological polar surface area (TPSA) is 118 Å². The fourth-order valence-electron chi connectivity index (χ4n) is 4.32. The van der Waals surface area contributed by atoms with Gasteiger partial charge in [-0.3, -0.25) is 19.2 Å². The predicted molar refractivity (Wildman–Crippen MR) is 132 cm³/mol. The largest absolute Gasteiger partial charge is 0.494 e. The number of aliphatic hydroxyl groups is 1. The van der Waals surface area contributed by atoms with Gasteiger partial charge in [-0.15, -0.1) is 11.3 Å². The maximum atomic E-state index is 13.4. The molecule has 1 aromatic carbocycles. The van der Waals surface area contributed by atoms with Crippen LogP contribution in [0.5, 0.6) is 5.75 Å². The first-order valence-corrected chi connectivity index (χ1v) is 12.1. The summed E-state index contributed by atoms with van der Waals surface area (Å²) in [4.78, 5) is 52.8.